The number of aliphatic hydroxyl groups is 1. The summed E-state index contributed by atoms with van der Waals surface area (Å²) in [5, 5.41) is 49.6. The van der Waals surface area contributed by atoms with Gasteiger partial charge in [0.25, 0.3) is 0 Å². The molecule has 0 radical (unpaired) electrons. The molecule has 722 valence electrons. The van der Waals surface area contributed by atoms with Crippen molar-refractivity contribution in [3.8, 4) is 5.75 Å². The molecule has 16 amide bonds. The number of aliphatic hydroxyl groups excluding tert-OH is 1. The van der Waals surface area contributed by atoms with Crippen LogP contribution < -0.4 is 86.6 Å². The molecule has 43 heteroatoms. The zero-order valence-electron chi connectivity index (χ0n) is 75.8. The van der Waals surface area contributed by atoms with Gasteiger partial charge < -0.3 is 131 Å². The number of methoxy groups -OCH3 is 1. The Bertz CT molecular complexity index is 4860. The van der Waals surface area contributed by atoms with Crippen molar-refractivity contribution < 1.29 is 96.5 Å². The number of hydrogen-bond acceptors (Lipinski definition) is 24. The monoisotopic (exact) mass is 1860 g/mol. The molecule has 3 aliphatic heterocycles. The molecule has 0 spiro atoms. The maximum Gasteiger partial charge on any atom is 0.305 e. The molecule has 132 heavy (non-hydrogen) atoms. The fourth-order valence-corrected chi connectivity index (χ4v) is 17.2. The van der Waals surface area contributed by atoms with E-state index in [0.717, 1.165) is 31.4 Å². The zero-order valence-corrected chi connectivity index (χ0v) is 76.6. The molecule has 5 aromatic rings. The van der Waals surface area contributed by atoms with Gasteiger partial charge in [0.2, 0.25) is 94.5 Å². The summed E-state index contributed by atoms with van der Waals surface area (Å²) >= 11 is 0.814. The van der Waals surface area contributed by atoms with Gasteiger partial charge in [-0.15, -0.1) is 11.8 Å². The number of carboxylic acid groups (broad SMARTS) is 1. The lowest BCUT2D eigenvalue weighted by atomic mass is 9.99. The number of aliphatic carboxylic acids is 1. The highest BCUT2D eigenvalue weighted by atomic mass is 32.2. The lowest BCUT2D eigenvalue weighted by Gasteiger charge is -2.36. The quantitative estimate of drug-likeness (QED) is 0.0220. The van der Waals surface area contributed by atoms with Crippen molar-refractivity contribution in [3.63, 3.8) is 0 Å². The normalized spacial score (nSPS) is 25.1. The molecular formula is C89H130N22O20S. The summed E-state index contributed by atoms with van der Waals surface area (Å²) in [4.78, 5) is 261. The van der Waals surface area contributed by atoms with E-state index in [4.69, 9.17) is 33.4 Å². The van der Waals surface area contributed by atoms with Crippen LogP contribution in [0.15, 0.2) is 85.2 Å². The number of rotatable bonds is 28. The third kappa shape index (κ3) is 29.1. The molecule has 5 heterocycles. The third-order valence-corrected chi connectivity index (χ3v) is 25.0. The van der Waals surface area contributed by atoms with Gasteiger partial charge in [0, 0.05) is 106 Å². The minimum Gasteiger partial charge on any atom is -0.497 e. The average Bonchev–Trinajstić information content (AvgIpc) is 1.55. The highest BCUT2D eigenvalue weighted by Crippen LogP contribution is 2.28. The van der Waals surface area contributed by atoms with Crippen molar-refractivity contribution in [1.29, 1.82) is 0 Å². The molecule has 3 saturated heterocycles. The summed E-state index contributed by atoms with van der Waals surface area (Å²) in [6.45, 7) is 3.29. The summed E-state index contributed by atoms with van der Waals surface area (Å²) in [7, 11) is 5.42. The van der Waals surface area contributed by atoms with E-state index in [1.165, 1.54) is 40.1 Å². The van der Waals surface area contributed by atoms with E-state index in [0.29, 0.717) is 76.3 Å². The van der Waals surface area contributed by atoms with Crippen LogP contribution in [-0.4, -0.2) is 321 Å². The topological polar surface area (TPSA) is 638 Å². The Kier molecular flexibility index (Phi) is 41.0. The van der Waals surface area contributed by atoms with Gasteiger partial charge in [-0.2, -0.15) is 0 Å². The lowest BCUT2D eigenvalue weighted by Crippen LogP contribution is -2.61. The van der Waals surface area contributed by atoms with Gasteiger partial charge in [0.05, 0.1) is 31.9 Å². The van der Waals surface area contributed by atoms with Crippen LogP contribution in [0.25, 0.3) is 21.8 Å². The molecule has 3 aliphatic rings. The fourth-order valence-electron chi connectivity index (χ4n) is 16.4. The molecule has 3 fully saturated rings. The fraction of sp³-hybridized carbons (Fsp3) is 0.562. The van der Waals surface area contributed by atoms with E-state index in [1.54, 1.807) is 85.2 Å². The van der Waals surface area contributed by atoms with Gasteiger partial charge in [-0.05, 0) is 132 Å². The SMILES string of the molecule is CCCC[C@H]1C(=O)N(C)[C@@H](CCCC)C(=O)N[C@@H](CCCN)C(=O)N[C@H](C(=O)NCC(N)=O)CSCC(=O)N[C@@H](Cc2ccc(OC)cc2)C(=O)N(C)[C@@H](C)C(=O)N[C@H](CCN)C(=O)N2CCC[C@H]2C(=O)N[C@@H](CN)C(=O)N[C@@H](CCCCN)C(=O)N2C[C@H](O)C[C@H]2C(=O)N[C@@H](Cc2c[nH]c3ccccc23)C(=O)N[C@@H](CC(=O)O)C(=O)N[C@@H](Cc2c[nH]c3ccccc23)C(=O)N1C. The second-order valence-corrected chi connectivity index (χ2v) is 34.6. The maximum absolute atomic E-state index is 15.8. The van der Waals surface area contributed by atoms with Gasteiger partial charge in [0.1, 0.15) is 90.3 Å². The Balaban J connectivity index is 1.19. The first kappa shape index (κ1) is 105. The van der Waals surface area contributed by atoms with Gasteiger partial charge in [0.15, 0.2) is 0 Å². The van der Waals surface area contributed by atoms with Gasteiger partial charge in [-0.3, -0.25) is 81.5 Å². The largest absolute Gasteiger partial charge is 0.497 e. The number of amides is 16. The van der Waals surface area contributed by atoms with Gasteiger partial charge >= 0.3 is 5.97 Å². The molecular weight excluding hydrogens is 1730 g/mol. The summed E-state index contributed by atoms with van der Waals surface area (Å²) < 4.78 is 5.35. The molecule has 3 aromatic carbocycles. The van der Waals surface area contributed by atoms with Crippen molar-refractivity contribution in [2.75, 3.05) is 85.6 Å². The number of para-hydroxylation sites is 2. The predicted molar refractivity (Wildman–Crippen MR) is 489 cm³/mol. The number of H-pyrrole nitrogens is 2. The number of primary amides is 1. The molecule has 42 nitrogen and oxygen atoms in total. The van der Waals surface area contributed by atoms with Crippen molar-refractivity contribution in [2.24, 2.45) is 28.7 Å². The first-order valence-electron chi connectivity index (χ1n) is 44.8. The van der Waals surface area contributed by atoms with Crippen LogP contribution in [0, 0.1) is 0 Å². The smallest absolute Gasteiger partial charge is 0.305 e. The Morgan fingerprint density at radius 3 is 1.63 bits per heavy atom. The second kappa shape index (κ2) is 51.5. The lowest BCUT2D eigenvalue weighted by molar-refractivity contribution is -0.149. The van der Waals surface area contributed by atoms with Crippen LogP contribution >= 0.6 is 11.8 Å². The molecule has 2 aromatic heterocycles. The predicted octanol–water partition coefficient (Wildman–Crippen LogP) is -3.12. The van der Waals surface area contributed by atoms with E-state index >= 15 is 33.6 Å². The summed E-state index contributed by atoms with van der Waals surface area (Å²) in [6, 6.07) is -0.844. The second-order valence-electron chi connectivity index (χ2n) is 33.5. The van der Waals surface area contributed by atoms with E-state index in [9.17, 15) is 58.2 Å². The summed E-state index contributed by atoms with van der Waals surface area (Å²) in [5.41, 5.74) is 32.3. The molecule has 0 aliphatic carbocycles. The van der Waals surface area contributed by atoms with Crippen molar-refractivity contribution >= 4 is 134 Å². The number of carboxylic acids is 1. The number of ether oxygens (including phenoxy) is 1. The van der Waals surface area contributed by atoms with E-state index in [-0.39, 0.29) is 109 Å². The highest BCUT2D eigenvalue weighted by Gasteiger charge is 2.46. The Morgan fingerprint density at radius 1 is 0.508 bits per heavy atom. The molecule has 24 N–H and O–H groups in total. The van der Waals surface area contributed by atoms with Crippen LogP contribution in [0.3, 0.4) is 0 Å². The summed E-state index contributed by atoms with van der Waals surface area (Å²) in [5.74, 6) is -16.6. The van der Waals surface area contributed by atoms with Gasteiger partial charge in [-0.1, -0.05) is 88.1 Å². The van der Waals surface area contributed by atoms with Crippen LogP contribution in [0.1, 0.15) is 140 Å². The number of fused-ring (bicyclic) bond motifs is 4. The zero-order chi connectivity index (χ0) is 96.6. The minimum atomic E-state index is -2.03. The average molecular weight is 1860 g/mol. The molecule has 0 unspecified atom stereocenters. The van der Waals surface area contributed by atoms with Crippen LogP contribution in [0.5, 0.6) is 5.75 Å². The van der Waals surface area contributed by atoms with Gasteiger partial charge in [-0.25, -0.2) is 0 Å². The van der Waals surface area contributed by atoms with Crippen molar-refractivity contribution in [2.45, 2.75) is 233 Å². The molecule has 15 atom stereocenters. The number of likely N-dealkylation sites (N-methyl/N-ethyl adjacent to an activating group) is 3. The molecule has 8 rings (SSSR count). The van der Waals surface area contributed by atoms with E-state index in [2.05, 4.69) is 63.1 Å². The standard InChI is InChI=1S/C89H130N22O20S/c1-8-10-26-69-82(123)99-60(25-18-35-91)78(119)106-68(77(118)97-46-73(94)113)48-132-49-74(114)98-65(38-51-29-31-55(131-7)32-30-51)85(126)107(4)50(3)76(117)100-62(33-36-92)87(128)110-37-19-28-70(110)83(124)105-67(43-93)81(122)101-61(24-16-17-34-90)88(129)111-47-54(112)41-72(111)84(125)103-63(39-52-44-95-58-22-14-12-20-56(52)58)79(120)102-64(42-75(115)116)80(121)104-66(40-53-45-96-59-23-15-13-21-57(53)59)86(127)109(6)71(27-11-9-2)89(130)108(69)5/h12-15,20-23,29-32,44-45,50,54,60-72,95-96,112H,8-11,16-19,24-28,33-43,46-49,90-93H2,1-7H3,(H2,94,113)(H,97,118)(H,98,114)(H,99,123)(H,100,117)(H,101,122)(H,102,120)(H,103,125)(H,104,121)(H,105,124)(H,106,119)(H,115,116)/t50-,54+,60-,61-,62+,63-,64-,65-,66-,67-,68-,69-,70-,71-,72-/m0/s1. The first-order chi connectivity index (χ1) is 63.1. The highest BCUT2D eigenvalue weighted by molar-refractivity contribution is 8.00. The number of carbonyl (C=O) groups is 17. The number of nitrogens with two attached hydrogens (primary N) is 5. The molecule has 0 saturated carbocycles. The summed E-state index contributed by atoms with van der Waals surface area (Å²) in [6.07, 6.45) is 1.63. The first-order valence-corrected chi connectivity index (χ1v) is 46.0. The Morgan fingerprint density at radius 2 is 1.02 bits per heavy atom. The van der Waals surface area contributed by atoms with Crippen molar-refractivity contribution in [1.82, 2.24) is 87.6 Å². The number of carbonyl (C=O) groups excluding carboxylic acids is 16. The van der Waals surface area contributed by atoms with Crippen LogP contribution in [-0.2, 0) is 101 Å². The Labute approximate surface area is 769 Å². The molecule has 0 bridgehead atoms. The number of thioether (sulfide) groups is 1. The number of aromatic nitrogens is 2. The minimum absolute atomic E-state index is 0.000169. The van der Waals surface area contributed by atoms with Crippen molar-refractivity contribution in [3.05, 3.63) is 102 Å². The number of unbranched alkanes of at least 4 members (excludes halogenated alkanes) is 3. The van der Waals surface area contributed by atoms with E-state index < -0.39 is 229 Å². The van der Waals surface area contributed by atoms with E-state index in [1.807, 2.05) is 13.8 Å². The van der Waals surface area contributed by atoms with Crippen LogP contribution in [0.4, 0.5) is 0 Å². The third-order valence-electron chi connectivity index (χ3n) is 24.0. The number of aromatic amines is 2. The number of nitrogens with zero attached hydrogens (tertiary/aromatic N) is 5. The number of benzene rings is 3. The maximum atomic E-state index is 15.8. The van der Waals surface area contributed by atoms with Crippen LogP contribution in [0.2, 0.25) is 0 Å². The number of nitrogens with one attached hydrogen (secondary N) is 12. The number of hydrogen-bond donors (Lipinski definition) is 19. The Hall–Kier alpha value is -12.3.